The molecule has 1 heterocycles. The summed E-state index contributed by atoms with van der Waals surface area (Å²) in [5.41, 5.74) is 1.65. The van der Waals surface area contributed by atoms with Gasteiger partial charge in [-0.1, -0.05) is 0 Å². The van der Waals surface area contributed by atoms with Crippen molar-refractivity contribution in [2.24, 2.45) is 7.05 Å². The average molecular weight is 366 g/mol. The van der Waals surface area contributed by atoms with Crippen LogP contribution in [0.2, 0.25) is 0 Å². The van der Waals surface area contributed by atoms with Crippen LogP contribution < -0.4 is 15.4 Å². The lowest BCUT2D eigenvalue weighted by Gasteiger charge is -2.12. The molecular formula is C15H16BrN3O3. The predicted octanol–water partition coefficient (Wildman–Crippen LogP) is 3.01. The molecule has 7 heteroatoms. The highest BCUT2D eigenvalue weighted by Crippen LogP contribution is 2.28. The Morgan fingerprint density at radius 1 is 1.23 bits per heavy atom. The van der Waals surface area contributed by atoms with Crippen molar-refractivity contribution in [3.8, 4) is 5.75 Å². The maximum atomic E-state index is 12.2. The summed E-state index contributed by atoms with van der Waals surface area (Å²) in [5.74, 6) is 0.0485. The van der Waals surface area contributed by atoms with Crippen molar-refractivity contribution in [2.75, 3.05) is 17.7 Å². The molecule has 2 rings (SSSR count). The minimum atomic E-state index is -0.234. The number of amides is 2. The second kappa shape index (κ2) is 6.65. The van der Waals surface area contributed by atoms with Gasteiger partial charge in [0, 0.05) is 36.4 Å². The number of hydrogen-bond donors (Lipinski definition) is 2. The fourth-order valence-electron chi connectivity index (χ4n) is 2.01. The molecule has 1 aromatic carbocycles. The summed E-state index contributed by atoms with van der Waals surface area (Å²) in [6.45, 7) is 1.42. The van der Waals surface area contributed by atoms with E-state index in [4.69, 9.17) is 4.74 Å². The minimum absolute atomic E-state index is 0.191. The molecule has 0 aliphatic heterocycles. The first-order valence-electron chi connectivity index (χ1n) is 6.49. The summed E-state index contributed by atoms with van der Waals surface area (Å²) in [6.07, 6.45) is 1.80. The van der Waals surface area contributed by atoms with Crippen LogP contribution in [0.5, 0.6) is 5.75 Å². The van der Waals surface area contributed by atoms with Crippen LogP contribution in [0, 0.1) is 0 Å². The standard InChI is InChI=1S/C15H16BrN3O3/c1-9(20)17-12-5-4-11(7-14(12)22-3)18-15(21)13-6-10(16)8-19(13)2/h4-8H,1-3H3,(H,17,20)(H,18,21). The first-order valence-corrected chi connectivity index (χ1v) is 7.29. The van der Waals surface area contributed by atoms with Gasteiger partial charge in [0.1, 0.15) is 11.4 Å². The number of methoxy groups -OCH3 is 1. The number of benzene rings is 1. The molecule has 0 fully saturated rings. The number of nitrogens with one attached hydrogen (secondary N) is 2. The Bertz CT molecular complexity index is 725. The molecular weight excluding hydrogens is 350 g/mol. The van der Waals surface area contributed by atoms with Gasteiger partial charge in [0.05, 0.1) is 12.8 Å². The van der Waals surface area contributed by atoms with Gasteiger partial charge in [0.2, 0.25) is 5.91 Å². The number of rotatable bonds is 4. The van der Waals surface area contributed by atoms with E-state index < -0.39 is 0 Å². The highest BCUT2D eigenvalue weighted by molar-refractivity contribution is 9.10. The molecule has 2 amide bonds. The molecule has 6 nitrogen and oxygen atoms in total. The Hall–Kier alpha value is -2.28. The molecule has 0 spiro atoms. The van der Waals surface area contributed by atoms with E-state index in [-0.39, 0.29) is 11.8 Å². The highest BCUT2D eigenvalue weighted by atomic mass is 79.9. The van der Waals surface area contributed by atoms with Gasteiger partial charge >= 0.3 is 0 Å². The zero-order chi connectivity index (χ0) is 16.3. The quantitative estimate of drug-likeness (QED) is 0.874. The third kappa shape index (κ3) is 3.67. The van der Waals surface area contributed by atoms with Crippen molar-refractivity contribution >= 4 is 39.1 Å². The summed E-state index contributed by atoms with van der Waals surface area (Å²) < 4.78 is 7.78. The maximum absolute atomic E-state index is 12.2. The predicted molar refractivity (Wildman–Crippen MR) is 88.4 cm³/mol. The Morgan fingerprint density at radius 3 is 2.50 bits per heavy atom. The number of aryl methyl sites for hydroxylation is 1. The van der Waals surface area contributed by atoms with Crippen LogP contribution >= 0.6 is 15.9 Å². The Labute approximate surface area is 136 Å². The van der Waals surface area contributed by atoms with Gasteiger partial charge in [-0.05, 0) is 34.1 Å². The van der Waals surface area contributed by atoms with Crippen molar-refractivity contribution in [1.29, 1.82) is 0 Å². The molecule has 116 valence electrons. The summed E-state index contributed by atoms with van der Waals surface area (Å²) in [5, 5.41) is 5.46. The third-order valence-corrected chi connectivity index (χ3v) is 3.41. The van der Waals surface area contributed by atoms with Crippen LogP contribution in [-0.4, -0.2) is 23.5 Å². The van der Waals surface area contributed by atoms with Crippen LogP contribution in [0.3, 0.4) is 0 Å². The summed E-state index contributed by atoms with van der Waals surface area (Å²) in [4.78, 5) is 23.4. The van der Waals surface area contributed by atoms with Gasteiger partial charge in [0.25, 0.3) is 5.91 Å². The van der Waals surface area contributed by atoms with Gasteiger partial charge in [-0.25, -0.2) is 0 Å². The molecule has 22 heavy (non-hydrogen) atoms. The molecule has 0 unspecified atom stereocenters. The van der Waals surface area contributed by atoms with E-state index in [0.717, 1.165) is 4.47 Å². The maximum Gasteiger partial charge on any atom is 0.272 e. The molecule has 0 radical (unpaired) electrons. The highest BCUT2D eigenvalue weighted by Gasteiger charge is 2.13. The van der Waals surface area contributed by atoms with E-state index in [0.29, 0.717) is 22.8 Å². The lowest BCUT2D eigenvalue weighted by molar-refractivity contribution is -0.114. The smallest absolute Gasteiger partial charge is 0.272 e. The van der Waals surface area contributed by atoms with E-state index in [1.165, 1.54) is 14.0 Å². The van der Waals surface area contributed by atoms with Gasteiger partial charge in [-0.15, -0.1) is 0 Å². The molecule has 0 aliphatic rings. The second-order valence-corrected chi connectivity index (χ2v) is 5.62. The largest absolute Gasteiger partial charge is 0.494 e. The number of hydrogen-bond acceptors (Lipinski definition) is 3. The lowest BCUT2D eigenvalue weighted by Crippen LogP contribution is -2.15. The molecule has 0 bridgehead atoms. The molecule has 0 aliphatic carbocycles. The normalized spacial score (nSPS) is 10.2. The molecule has 1 aromatic heterocycles. The van der Waals surface area contributed by atoms with Crippen molar-refractivity contribution < 1.29 is 14.3 Å². The first kappa shape index (κ1) is 16.1. The Morgan fingerprint density at radius 2 is 1.95 bits per heavy atom. The number of nitrogens with zero attached hydrogens (tertiary/aromatic N) is 1. The number of aromatic nitrogens is 1. The van der Waals surface area contributed by atoms with E-state index in [2.05, 4.69) is 26.6 Å². The van der Waals surface area contributed by atoms with Crippen molar-refractivity contribution in [2.45, 2.75) is 6.92 Å². The number of ether oxygens (including phenoxy) is 1. The number of carbonyl (C=O) groups excluding carboxylic acids is 2. The molecule has 2 aromatic rings. The van der Waals surface area contributed by atoms with Crippen molar-refractivity contribution in [3.05, 3.63) is 40.6 Å². The van der Waals surface area contributed by atoms with E-state index in [1.54, 1.807) is 42.1 Å². The van der Waals surface area contributed by atoms with Crippen molar-refractivity contribution in [1.82, 2.24) is 4.57 Å². The molecule has 0 saturated carbocycles. The fourth-order valence-corrected chi connectivity index (χ4v) is 2.53. The minimum Gasteiger partial charge on any atom is -0.494 e. The lowest BCUT2D eigenvalue weighted by atomic mass is 10.2. The number of anilines is 2. The van der Waals surface area contributed by atoms with Crippen LogP contribution in [0.4, 0.5) is 11.4 Å². The molecule has 2 N–H and O–H groups in total. The average Bonchev–Trinajstić information content (AvgIpc) is 2.79. The molecule has 0 saturated heterocycles. The monoisotopic (exact) mass is 365 g/mol. The van der Waals surface area contributed by atoms with Gasteiger partial charge in [0.15, 0.2) is 0 Å². The number of carbonyl (C=O) groups is 2. The zero-order valence-corrected chi connectivity index (χ0v) is 14.0. The van der Waals surface area contributed by atoms with Gasteiger partial charge < -0.3 is 19.9 Å². The van der Waals surface area contributed by atoms with Crippen LogP contribution in [0.15, 0.2) is 34.9 Å². The SMILES string of the molecule is COc1cc(NC(=O)c2cc(Br)cn2C)ccc1NC(C)=O. The van der Waals surface area contributed by atoms with Crippen LogP contribution in [0.25, 0.3) is 0 Å². The molecule has 0 atom stereocenters. The number of halogens is 1. The van der Waals surface area contributed by atoms with Crippen LogP contribution in [-0.2, 0) is 11.8 Å². The van der Waals surface area contributed by atoms with Crippen molar-refractivity contribution in [3.63, 3.8) is 0 Å². The van der Waals surface area contributed by atoms with Gasteiger partial charge in [-0.3, -0.25) is 9.59 Å². The zero-order valence-electron chi connectivity index (χ0n) is 12.4. The van der Waals surface area contributed by atoms with E-state index >= 15 is 0 Å². The van der Waals surface area contributed by atoms with Crippen LogP contribution in [0.1, 0.15) is 17.4 Å². The van der Waals surface area contributed by atoms with E-state index in [9.17, 15) is 9.59 Å². The Balaban J connectivity index is 2.21. The second-order valence-electron chi connectivity index (χ2n) is 4.70. The Kier molecular flexibility index (Phi) is 4.87. The van der Waals surface area contributed by atoms with Gasteiger partial charge in [-0.2, -0.15) is 0 Å². The summed E-state index contributed by atoms with van der Waals surface area (Å²) in [7, 11) is 3.29. The summed E-state index contributed by atoms with van der Waals surface area (Å²) in [6, 6.07) is 6.76. The first-order chi connectivity index (χ1) is 10.4. The summed E-state index contributed by atoms with van der Waals surface area (Å²) >= 11 is 3.33. The topological polar surface area (TPSA) is 72.4 Å². The third-order valence-electron chi connectivity index (χ3n) is 2.97. The van der Waals surface area contributed by atoms with E-state index in [1.807, 2.05) is 0 Å². The fraction of sp³-hybridized carbons (Fsp3) is 0.200.